The average molecular weight is 482 g/mol. The lowest BCUT2D eigenvalue weighted by Crippen LogP contribution is -2.32. The molecule has 5 nitrogen and oxygen atoms in total. The molecule has 3 aromatic carbocycles. The molecule has 2 aliphatic heterocycles. The van der Waals surface area contributed by atoms with Crippen LogP contribution in [0, 0.1) is 0 Å². The van der Waals surface area contributed by atoms with Crippen molar-refractivity contribution in [3.05, 3.63) is 93.0 Å². The number of hydrogen-bond acceptors (Lipinski definition) is 4. The monoisotopic (exact) mass is 480 g/mol. The van der Waals surface area contributed by atoms with Crippen LogP contribution in [0.2, 0.25) is 5.02 Å². The molecule has 0 fully saturated rings. The van der Waals surface area contributed by atoms with E-state index in [9.17, 15) is 4.79 Å². The molecule has 2 aliphatic rings. The Morgan fingerprint density at radius 2 is 1.70 bits per heavy atom. The second-order valence-corrected chi connectivity index (χ2v) is 8.05. The van der Waals surface area contributed by atoms with Crippen LogP contribution in [0.1, 0.15) is 11.1 Å². The van der Waals surface area contributed by atoms with E-state index in [1.165, 1.54) is 0 Å². The molecule has 0 bridgehead atoms. The quantitative estimate of drug-likeness (QED) is 0.453. The molecule has 7 heteroatoms. The summed E-state index contributed by atoms with van der Waals surface area (Å²) in [5.74, 6) is 1.68. The minimum Gasteiger partial charge on any atom is -0.454 e. The van der Waals surface area contributed by atoms with Gasteiger partial charge in [0, 0.05) is 15.1 Å². The highest BCUT2D eigenvalue weighted by atomic mass is 79.9. The number of nitrogens with zero attached hydrogens (tertiary/aromatic N) is 2. The summed E-state index contributed by atoms with van der Waals surface area (Å²) in [5, 5.41) is 0.620. The standard InChI is InChI=1S/C23H14BrClN2O3/c24-16-4-8-18(9-5-16)27-22(15-2-6-17(25)7-3-15)26-19(23(27)28)11-14-1-10-20-21(12-14)30-13-29-20/h1-12H,13H2/b19-11+. The second kappa shape index (κ2) is 7.63. The summed E-state index contributed by atoms with van der Waals surface area (Å²) in [5.41, 5.74) is 2.66. The van der Waals surface area contributed by atoms with Crippen molar-refractivity contribution in [3.8, 4) is 11.5 Å². The Kier molecular flexibility index (Phi) is 4.81. The minimum atomic E-state index is -0.208. The van der Waals surface area contributed by atoms with E-state index in [1.54, 1.807) is 23.1 Å². The first-order valence-corrected chi connectivity index (χ1v) is 10.3. The van der Waals surface area contributed by atoms with Crippen LogP contribution < -0.4 is 14.4 Å². The summed E-state index contributed by atoms with van der Waals surface area (Å²) < 4.78 is 11.7. The molecule has 1 amide bonds. The highest BCUT2D eigenvalue weighted by Crippen LogP contribution is 2.34. The molecule has 5 rings (SSSR count). The van der Waals surface area contributed by atoms with E-state index in [0.29, 0.717) is 28.1 Å². The second-order valence-electron chi connectivity index (χ2n) is 6.70. The lowest BCUT2D eigenvalue weighted by atomic mass is 10.1. The average Bonchev–Trinajstić information content (AvgIpc) is 3.34. The van der Waals surface area contributed by atoms with Gasteiger partial charge in [0.15, 0.2) is 11.5 Å². The maximum Gasteiger partial charge on any atom is 0.282 e. The highest BCUT2D eigenvalue weighted by molar-refractivity contribution is 9.10. The topological polar surface area (TPSA) is 51.1 Å². The lowest BCUT2D eigenvalue weighted by molar-refractivity contribution is -0.113. The zero-order chi connectivity index (χ0) is 20.7. The number of halogens is 2. The number of hydrogen-bond donors (Lipinski definition) is 0. The van der Waals surface area contributed by atoms with E-state index < -0.39 is 0 Å². The minimum absolute atomic E-state index is 0.199. The summed E-state index contributed by atoms with van der Waals surface area (Å²) in [7, 11) is 0. The first kappa shape index (κ1) is 18.9. The lowest BCUT2D eigenvalue weighted by Gasteiger charge is -2.18. The van der Waals surface area contributed by atoms with Crippen molar-refractivity contribution < 1.29 is 14.3 Å². The summed E-state index contributed by atoms with van der Waals surface area (Å²) in [6, 6.07) is 20.3. The Labute approximate surface area is 186 Å². The van der Waals surface area contributed by atoms with Gasteiger partial charge in [-0.15, -0.1) is 0 Å². The van der Waals surface area contributed by atoms with Crippen molar-refractivity contribution >= 4 is 51.0 Å². The smallest absolute Gasteiger partial charge is 0.282 e. The number of fused-ring (bicyclic) bond motifs is 1. The van der Waals surface area contributed by atoms with Crippen molar-refractivity contribution in [2.24, 2.45) is 4.99 Å². The van der Waals surface area contributed by atoms with E-state index in [2.05, 4.69) is 20.9 Å². The normalized spacial score (nSPS) is 16.3. The van der Waals surface area contributed by atoms with Crippen LogP contribution >= 0.6 is 27.5 Å². The number of carbonyl (C=O) groups excluding carboxylic acids is 1. The van der Waals surface area contributed by atoms with Crippen molar-refractivity contribution in [2.75, 3.05) is 11.7 Å². The molecule has 3 aromatic rings. The molecule has 2 heterocycles. The van der Waals surface area contributed by atoms with E-state index in [4.69, 9.17) is 21.1 Å². The molecular weight excluding hydrogens is 468 g/mol. The molecule has 0 spiro atoms. The zero-order valence-corrected chi connectivity index (χ0v) is 17.9. The Balaban J connectivity index is 1.59. The third-order valence-corrected chi connectivity index (χ3v) is 5.53. The molecule has 30 heavy (non-hydrogen) atoms. The maximum atomic E-state index is 13.3. The number of ether oxygens (including phenoxy) is 2. The van der Waals surface area contributed by atoms with Gasteiger partial charge in [-0.2, -0.15) is 0 Å². The summed E-state index contributed by atoms with van der Waals surface area (Å²) >= 11 is 9.48. The molecule has 0 atom stereocenters. The number of aliphatic imine (C=N–C) groups is 1. The Hall–Kier alpha value is -3.09. The predicted octanol–water partition coefficient (Wildman–Crippen LogP) is 5.67. The van der Waals surface area contributed by atoms with Gasteiger partial charge in [-0.1, -0.05) is 33.6 Å². The van der Waals surface area contributed by atoms with Gasteiger partial charge in [-0.05, 0) is 72.3 Å². The van der Waals surface area contributed by atoms with Gasteiger partial charge in [0.05, 0.1) is 5.69 Å². The Bertz CT molecular complexity index is 1200. The van der Waals surface area contributed by atoms with Crippen molar-refractivity contribution in [1.82, 2.24) is 0 Å². The molecule has 0 radical (unpaired) electrons. The van der Waals surface area contributed by atoms with E-state index in [1.807, 2.05) is 54.6 Å². The molecule has 0 N–H and O–H groups in total. The van der Waals surface area contributed by atoms with E-state index in [0.717, 1.165) is 21.3 Å². The molecule has 0 aromatic heterocycles. The number of rotatable bonds is 3. The van der Waals surface area contributed by atoms with Gasteiger partial charge in [0.2, 0.25) is 6.79 Å². The number of amides is 1. The fraction of sp³-hybridized carbons (Fsp3) is 0.0435. The predicted molar refractivity (Wildman–Crippen MR) is 120 cm³/mol. The van der Waals surface area contributed by atoms with Crippen molar-refractivity contribution in [3.63, 3.8) is 0 Å². The van der Waals surface area contributed by atoms with Crippen LogP contribution in [-0.2, 0) is 4.79 Å². The van der Waals surface area contributed by atoms with Gasteiger partial charge < -0.3 is 9.47 Å². The number of amidine groups is 1. The SMILES string of the molecule is O=C1/C(=C\c2ccc3c(c2)OCO3)N=C(c2ccc(Cl)cc2)N1c1ccc(Br)cc1. The fourth-order valence-electron chi connectivity index (χ4n) is 3.30. The molecule has 0 unspecified atom stereocenters. The van der Waals surface area contributed by atoms with E-state index in [-0.39, 0.29) is 12.7 Å². The third kappa shape index (κ3) is 3.49. The molecule has 0 saturated heterocycles. The van der Waals surface area contributed by atoms with Gasteiger partial charge >= 0.3 is 0 Å². The summed E-state index contributed by atoms with van der Waals surface area (Å²) in [6.45, 7) is 0.199. The van der Waals surface area contributed by atoms with E-state index >= 15 is 0 Å². The van der Waals surface area contributed by atoms with Crippen LogP contribution in [0.25, 0.3) is 6.08 Å². The summed E-state index contributed by atoms with van der Waals surface area (Å²) in [6.07, 6.45) is 1.75. The third-order valence-electron chi connectivity index (χ3n) is 4.75. The zero-order valence-electron chi connectivity index (χ0n) is 15.5. The Morgan fingerprint density at radius 3 is 2.47 bits per heavy atom. The van der Waals surface area contributed by atoms with Gasteiger partial charge in [0.25, 0.3) is 5.91 Å². The van der Waals surface area contributed by atoms with Crippen LogP contribution in [-0.4, -0.2) is 18.5 Å². The highest BCUT2D eigenvalue weighted by Gasteiger charge is 2.32. The molecule has 148 valence electrons. The van der Waals surface area contributed by atoms with Crippen LogP contribution in [0.15, 0.2) is 81.9 Å². The first-order chi connectivity index (χ1) is 14.6. The van der Waals surface area contributed by atoms with Gasteiger partial charge in [0.1, 0.15) is 11.5 Å². The first-order valence-electron chi connectivity index (χ1n) is 9.14. The molecule has 0 saturated carbocycles. The maximum absolute atomic E-state index is 13.3. The Morgan fingerprint density at radius 1 is 0.967 bits per heavy atom. The van der Waals surface area contributed by atoms with Crippen molar-refractivity contribution in [1.29, 1.82) is 0 Å². The number of anilines is 1. The fourth-order valence-corrected chi connectivity index (χ4v) is 3.69. The number of carbonyl (C=O) groups is 1. The number of benzene rings is 3. The van der Waals surface area contributed by atoms with Gasteiger partial charge in [-0.25, -0.2) is 4.99 Å². The van der Waals surface area contributed by atoms with Crippen LogP contribution in [0.4, 0.5) is 5.69 Å². The van der Waals surface area contributed by atoms with Gasteiger partial charge in [-0.3, -0.25) is 9.69 Å². The molecular formula is C23H14BrClN2O3. The van der Waals surface area contributed by atoms with Crippen LogP contribution in [0.3, 0.4) is 0 Å². The van der Waals surface area contributed by atoms with Crippen molar-refractivity contribution in [2.45, 2.75) is 0 Å². The summed E-state index contributed by atoms with van der Waals surface area (Å²) in [4.78, 5) is 19.6. The van der Waals surface area contributed by atoms with Crippen LogP contribution in [0.5, 0.6) is 11.5 Å². The molecule has 0 aliphatic carbocycles. The largest absolute Gasteiger partial charge is 0.454 e.